The summed E-state index contributed by atoms with van der Waals surface area (Å²) in [4.78, 5) is 15.6. The molecule has 0 fully saturated rings. The van der Waals surface area contributed by atoms with Gasteiger partial charge in [-0.25, -0.2) is 0 Å². The Labute approximate surface area is 166 Å². The first-order valence-electron chi connectivity index (χ1n) is 8.46. The Bertz CT molecular complexity index is 981. The number of benzene rings is 3. The number of furan rings is 1. The topological polar surface area (TPSA) is 30.2 Å². The zero-order valence-electron chi connectivity index (χ0n) is 14.4. The van der Waals surface area contributed by atoms with Crippen LogP contribution in [-0.2, 0) is 0 Å². The van der Waals surface area contributed by atoms with Gasteiger partial charge in [0.2, 0.25) is 0 Å². The van der Waals surface area contributed by atoms with Gasteiger partial charge in [0.1, 0.15) is 5.76 Å². The van der Waals surface area contributed by atoms with Crippen LogP contribution in [0.1, 0.15) is 10.6 Å². The van der Waals surface area contributed by atoms with Crippen molar-refractivity contribution in [3.8, 4) is 11.3 Å². The molecule has 4 rings (SSSR count). The van der Waals surface area contributed by atoms with Gasteiger partial charge < -0.3 is 4.42 Å². The summed E-state index contributed by atoms with van der Waals surface area (Å²) in [5, 5.41) is 0. The van der Waals surface area contributed by atoms with Crippen molar-refractivity contribution < 1.29 is 9.21 Å². The number of hydrogen-bond acceptors (Lipinski definition) is 4. The molecule has 3 aromatic carbocycles. The molecule has 4 heteroatoms. The summed E-state index contributed by atoms with van der Waals surface area (Å²) in [7, 11) is 0. The van der Waals surface area contributed by atoms with E-state index in [1.807, 2.05) is 42.5 Å². The third-order valence-electron chi connectivity index (χ3n) is 3.87. The molecule has 132 valence electrons. The summed E-state index contributed by atoms with van der Waals surface area (Å²) in [5.74, 6) is 1.03. The number of hydrogen-bond donors (Lipinski definition) is 0. The van der Waals surface area contributed by atoms with Crippen LogP contribution in [0.2, 0.25) is 0 Å². The van der Waals surface area contributed by atoms with Crippen LogP contribution in [0.3, 0.4) is 0 Å². The van der Waals surface area contributed by atoms with Crippen LogP contribution in [-0.4, -0.2) is 6.29 Å². The summed E-state index contributed by atoms with van der Waals surface area (Å²) in [6, 6.07) is 30.5. The fourth-order valence-electron chi connectivity index (χ4n) is 2.65. The molecule has 0 saturated carbocycles. The van der Waals surface area contributed by atoms with Gasteiger partial charge in [-0.1, -0.05) is 59.9 Å². The monoisotopic (exact) mass is 388 g/mol. The second kappa shape index (κ2) is 8.33. The number of aldehydes is 1. The Hall–Kier alpha value is -2.69. The SMILES string of the molecule is O=Cc1ccc(-c2cc(Sc3ccccc3)cc(Sc3ccccc3)c2)o1. The molecule has 0 aliphatic carbocycles. The van der Waals surface area contributed by atoms with Crippen molar-refractivity contribution in [2.45, 2.75) is 19.6 Å². The molecule has 0 atom stereocenters. The summed E-state index contributed by atoms with van der Waals surface area (Å²) < 4.78 is 5.64. The van der Waals surface area contributed by atoms with Crippen molar-refractivity contribution in [2.24, 2.45) is 0 Å². The summed E-state index contributed by atoms with van der Waals surface area (Å²) in [5.41, 5.74) is 0.961. The predicted octanol–water partition coefficient (Wildman–Crippen LogP) is 7.06. The van der Waals surface area contributed by atoms with Crippen LogP contribution in [0.5, 0.6) is 0 Å². The Morgan fingerprint density at radius 3 is 1.67 bits per heavy atom. The first-order valence-corrected chi connectivity index (χ1v) is 10.1. The van der Waals surface area contributed by atoms with Crippen LogP contribution < -0.4 is 0 Å². The molecule has 1 heterocycles. The van der Waals surface area contributed by atoms with E-state index in [-0.39, 0.29) is 0 Å². The highest BCUT2D eigenvalue weighted by molar-refractivity contribution is 8.00. The quantitative estimate of drug-likeness (QED) is 0.331. The lowest BCUT2D eigenvalue weighted by atomic mass is 10.2. The highest BCUT2D eigenvalue weighted by atomic mass is 32.2. The van der Waals surface area contributed by atoms with Gasteiger partial charge in [0.15, 0.2) is 12.0 Å². The first kappa shape index (κ1) is 17.7. The molecule has 0 radical (unpaired) electrons. The third-order valence-corrected chi connectivity index (χ3v) is 5.82. The van der Waals surface area contributed by atoms with E-state index >= 15 is 0 Å². The van der Waals surface area contributed by atoms with E-state index in [0.717, 1.165) is 21.6 Å². The molecule has 0 saturated heterocycles. The molecule has 0 unspecified atom stereocenters. The maximum absolute atomic E-state index is 11.0. The van der Waals surface area contributed by atoms with E-state index in [0.29, 0.717) is 11.5 Å². The number of rotatable bonds is 6. The van der Waals surface area contributed by atoms with Gasteiger partial charge in [-0.15, -0.1) is 0 Å². The van der Waals surface area contributed by atoms with Crippen molar-refractivity contribution in [2.75, 3.05) is 0 Å². The average molecular weight is 389 g/mol. The lowest BCUT2D eigenvalue weighted by molar-refractivity contribution is 0.110. The Balaban J connectivity index is 1.72. The van der Waals surface area contributed by atoms with Gasteiger partial charge >= 0.3 is 0 Å². The Kier molecular flexibility index (Phi) is 5.47. The molecule has 0 aliphatic rings. The van der Waals surface area contributed by atoms with Crippen molar-refractivity contribution in [1.82, 2.24) is 0 Å². The lowest BCUT2D eigenvalue weighted by Gasteiger charge is -2.09. The standard InChI is InChI=1S/C23H16O2S2/c24-16-18-11-12-23(25-18)17-13-21(26-19-7-3-1-4-8-19)15-22(14-17)27-20-9-5-2-6-10-20/h1-16H. The van der Waals surface area contributed by atoms with Crippen molar-refractivity contribution in [1.29, 1.82) is 0 Å². The minimum atomic E-state index is 0.336. The maximum atomic E-state index is 11.0. The fraction of sp³-hybridized carbons (Fsp3) is 0. The van der Waals surface area contributed by atoms with E-state index in [9.17, 15) is 4.79 Å². The maximum Gasteiger partial charge on any atom is 0.185 e. The molecular formula is C23H16O2S2. The predicted molar refractivity (Wildman–Crippen MR) is 111 cm³/mol. The second-order valence-corrected chi connectivity index (χ2v) is 8.14. The molecule has 4 aromatic rings. The van der Waals surface area contributed by atoms with E-state index in [2.05, 4.69) is 42.5 Å². The van der Waals surface area contributed by atoms with Gasteiger partial charge in [-0.05, 0) is 54.6 Å². The minimum absolute atomic E-state index is 0.336. The third kappa shape index (κ3) is 4.54. The van der Waals surface area contributed by atoms with Crippen LogP contribution in [0.25, 0.3) is 11.3 Å². The lowest BCUT2D eigenvalue weighted by Crippen LogP contribution is -1.82. The molecule has 0 bridgehead atoms. The van der Waals surface area contributed by atoms with Crippen LogP contribution in [0.4, 0.5) is 0 Å². The number of carbonyl (C=O) groups excluding carboxylic acids is 1. The van der Waals surface area contributed by atoms with Crippen LogP contribution in [0.15, 0.2) is 115 Å². The van der Waals surface area contributed by atoms with Crippen LogP contribution in [0, 0.1) is 0 Å². The molecule has 27 heavy (non-hydrogen) atoms. The van der Waals surface area contributed by atoms with Crippen LogP contribution >= 0.6 is 23.5 Å². The average Bonchev–Trinajstić information content (AvgIpc) is 3.19. The first-order chi connectivity index (χ1) is 13.3. The summed E-state index contributed by atoms with van der Waals surface area (Å²) in [6.45, 7) is 0. The van der Waals surface area contributed by atoms with Gasteiger partial charge in [0, 0.05) is 25.1 Å². The molecule has 1 aromatic heterocycles. The summed E-state index contributed by atoms with van der Waals surface area (Å²) in [6.07, 6.45) is 0.728. The molecule has 0 amide bonds. The smallest absolute Gasteiger partial charge is 0.185 e. The zero-order valence-corrected chi connectivity index (χ0v) is 16.0. The van der Waals surface area contributed by atoms with Gasteiger partial charge in [0.25, 0.3) is 0 Å². The zero-order chi connectivity index (χ0) is 18.5. The molecule has 0 N–H and O–H groups in total. The minimum Gasteiger partial charge on any atom is -0.453 e. The fourth-order valence-corrected chi connectivity index (χ4v) is 4.60. The highest BCUT2D eigenvalue weighted by Crippen LogP contribution is 2.37. The van der Waals surface area contributed by atoms with Crippen molar-refractivity contribution in [3.05, 3.63) is 96.8 Å². The van der Waals surface area contributed by atoms with E-state index in [4.69, 9.17) is 4.42 Å². The van der Waals surface area contributed by atoms with Gasteiger partial charge in [-0.2, -0.15) is 0 Å². The Morgan fingerprint density at radius 1 is 0.630 bits per heavy atom. The largest absolute Gasteiger partial charge is 0.453 e. The van der Waals surface area contributed by atoms with Crippen molar-refractivity contribution in [3.63, 3.8) is 0 Å². The Morgan fingerprint density at radius 2 is 1.19 bits per heavy atom. The van der Waals surface area contributed by atoms with E-state index in [1.165, 1.54) is 9.79 Å². The number of carbonyl (C=O) groups is 1. The summed E-state index contributed by atoms with van der Waals surface area (Å²) >= 11 is 3.42. The van der Waals surface area contributed by atoms with Gasteiger partial charge in [-0.3, -0.25) is 4.79 Å². The molecule has 0 spiro atoms. The normalized spacial score (nSPS) is 10.7. The van der Waals surface area contributed by atoms with E-state index in [1.54, 1.807) is 29.6 Å². The molecular weight excluding hydrogens is 372 g/mol. The van der Waals surface area contributed by atoms with Gasteiger partial charge in [0.05, 0.1) is 0 Å². The highest BCUT2D eigenvalue weighted by Gasteiger charge is 2.10. The molecule has 2 nitrogen and oxygen atoms in total. The van der Waals surface area contributed by atoms with Crippen molar-refractivity contribution >= 4 is 29.8 Å². The van der Waals surface area contributed by atoms with E-state index < -0.39 is 0 Å². The molecule has 0 aliphatic heterocycles. The second-order valence-electron chi connectivity index (χ2n) is 5.84.